The summed E-state index contributed by atoms with van der Waals surface area (Å²) < 4.78 is 36.5. The maximum atomic E-state index is 13.8. The topological polar surface area (TPSA) is 176 Å². The first-order valence-corrected chi connectivity index (χ1v) is 16.6. The lowest BCUT2D eigenvalue weighted by Crippen LogP contribution is -2.27. The van der Waals surface area contributed by atoms with Gasteiger partial charge in [0.2, 0.25) is 5.91 Å². The van der Waals surface area contributed by atoms with E-state index in [0.717, 1.165) is 5.56 Å². The molecule has 0 radical (unpaired) electrons. The highest BCUT2D eigenvalue weighted by molar-refractivity contribution is 6.31. The summed E-state index contributed by atoms with van der Waals surface area (Å²) in [6.07, 6.45) is 4.97. The number of halogens is 5. The van der Waals surface area contributed by atoms with Crippen molar-refractivity contribution in [2.45, 2.75) is 38.4 Å². The molecular weight excluding hydrogens is 740 g/mol. The molecule has 19 heteroatoms. The minimum Gasteiger partial charge on any atom is -0.475 e. The van der Waals surface area contributed by atoms with Gasteiger partial charge in [0, 0.05) is 40.5 Å². The Morgan fingerprint density at radius 2 is 1.75 bits per heavy atom. The predicted molar refractivity (Wildman–Crippen MR) is 187 cm³/mol. The molecule has 14 nitrogen and oxygen atoms in total. The van der Waals surface area contributed by atoms with Crippen molar-refractivity contribution in [1.29, 1.82) is 0 Å². The van der Waals surface area contributed by atoms with E-state index in [-0.39, 0.29) is 22.5 Å². The molecule has 1 aromatic carbocycles. The Hall–Kier alpha value is -5.94. The average molecular weight is 768 g/mol. The second-order valence-corrected chi connectivity index (χ2v) is 12.6. The predicted octanol–water partition coefficient (Wildman–Crippen LogP) is 6.42. The van der Waals surface area contributed by atoms with E-state index in [0.29, 0.717) is 64.1 Å². The molecule has 2 N–H and O–H groups in total. The second-order valence-electron chi connectivity index (χ2n) is 11.8. The highest BCUT2D eigenvalue weighted by Crippen LogP contribution is 2.33. The molecule has 5 aromatic heterocycles. The number of carboxylic acid groups (broad SMARTS) is 1. The zero-order chi connectivity index (χ0) is 37.9. The molecule has 6 heterocycles. The average Bonchev–Trinajstić information content (AvgIpc) is 3.76. The zero-order valence-electron chi connectivity index (χ0n) is 27.4. The Morgan fingerprint density at radius 3 is 2.43 bits per heavy atom. The molecule has 272 valence electrons. The molecule has 2 atom stereocenters. The maximum absolute atomic E-state index is 13.8. The Kier molecular flexibility index (Phi) is 10.7. The van der Waals surface area contributed by atoms with Crippen molar-refractivity contribution in [3.05, 3.63) is 112 Å². The lowest BCUT2D eigenvalue weighted by Gasteiger charge is -2.22. The molecule has 0 spiro atoms. The fourth-order valence-corrected chi connectivity index (χ4v) is 5.86. The summed E-state index contributed by atoms with van der Waals surface area (Å²) in [6.45, 7) is 1.89. The minimum absolute atomic E-state index is 0.109. The number of carbonyl (C=O) groups excluding carboxylic acids is 1. The second kappa shape index (κ2) is 15.3. The number of hydrogen-bond acceptors (Lipinski definition) is 9. The quantitative estimate of drug-likeness (QED) is 0.204. The summed E-state index contributed by atoms with van der Waals surface area (Å²) in [5.74, 6) is -2.53. The molecule has 53 heavy (non-hydrogen) atoms. The third-order valence-electron chi connectivity index (χ3n) is 8.18. The van der Waals surface area contributed by atoms with Crippen molar-refractivity contribution in [2.24, 2.45) is 5.92 Å². The van der Waals surface area contributed by atoms with Crippen LogP contribution in [0.3, 0.4) is 0 Å². The highest BCUT2D eigenvalue weighted by atomic mass is 35.5. The number of nitrogens with one attached hydrogen (secondary N) is 1. The van der Waals surface area contributed by atoms with Crippen molar-refractivity contribution in [3.63, 3.8) is 0 Å². The molecule has 0 fully saturated rings. The SMILES string of the molecule is C[C@@H]1CCC[C@H](n2cnc(-c3cc(Cl)ccc3-n3cc(Cl)nn3)cc2=O)c2cc(ccn2)-c2nn(-c3ccccn3)cc2NC1=O.O=C(O)C(F)(F)F. The number of aromatic nitrogens is 9. The first-order chi connectivity index (χ1) is 25.3. The number of carboxylic acids is 1. The van der Waals surface area contributed by atoms with E-state index in [9.17, 15) is 22.8 Å². The van der Waals surface area contributed by atoms with Crippen molar-refractivity contribution in [3.8, 4) is 34.0 Å². The molecule has 0 saturated carbocycles. The van der Waals surface area contributed by atoms with E-state index < -0.39 is 18.2 Å². The normalized spacial score (nSPS) is 15.9. The van der Waals surface area contributed by atoms with Crippen LogP contribution in [0.25, 0.3) is 34.0 Å². The lowest BCUT2D eigenvalue weighted by molar-refractivity contribution is -0.192. The van der Waals surface area contributed by atoms with Crippen LogP contribution in [-0.4, -0.2) is 67.5 Å². The maximum Gasteiger partial charge on any atom is 0.490 e. The Balaban J connectivity index is 0.000000626. The van der Waals surface area contributed by atoms with Gasteiger partial charge in [-0.2, -0.15) is 18.3 Å². The van der Waals surface area contributed by atoms with Crippen molar-refractivity contribution in [1.82, 2.24) is 44.3 Å². The highest BCUT2D eigenvalue weighted by Gasteiger charge is 2.38. The number of anilines is 1. The van der Waals surface area contributed by atoms with Gasteiger partial charge < -0.3 is 10.4 Å². The zero-order valence-corrected chi connectivity index (χ0v) is 29.0. The summed E-state index contributed by atoms with van der Waals surface area (Å²) in [6, 6.07) is 15.5. The molecule has 0 unspecified atom stereocenters. The number of aliphatic carboxylic acids is 1. The number of rotatable bonds is 4. The van der Waals surface area contributed by atoms with Gasteiger partial charge in [0.05, 0.1) is 47.5 Å². The van der Waals surface area contributed by atoms with Gasteiger partial charge in [-0.25, -0.2) is 24.1 Å². The Morgan fingerprint density at radius 1 is 0.962 bits per heavy atom. The third-order valence-corrected chi connectivity index (χ3v) is 8.58. The molecule has 0 aliphatic carbocycles. The summed E-state index contributed by atoms with van der Waals surface area (Å²) in [5.41, 5.74) is 3.88. The monoisotopic (exact) mass is 766 g/mol. The Labute approximate surface area is 307 Å². The van der Waals surface area contributed by atoms with Crippen LogP contribution >= 0.6 is 23.2 Å². The molecule has 7 rings (SSSR count). The van der Waals surface area contributed by atoms with Gasteiger partial charge in [0.15, 0.2) is 11.0 Å². The van der Waals surface area contributed by atoms with E-state index >= 15 is 0 Å². The van der Waals surface area contributed by atoms with Gasteiger partial charge >= 0.3 is 12.1 Å². The van der Waals surface area contributed by atoms with Crippen LogP contribution in [0.1, 0.15) is 37.9 Å². The smallest absolute Gasteiger partial charge is 0.475 e. The Bertz CT molecular complexity index is 2350. The van der Waals surface area contributed by atoms with Crippen LogP contribution in [0, 0.1) is 5.92 Å². The van der Waals surface area contributed by atoms with Crippen LogP contribution in [-0.2, 0) is 9.59 Å². The third kappa shape index (κ3) is 8.42. The standard InChI is InChI=1S/C32H26Cl2N10O2.C2HF3O2/c1-19-5-4-6-27(42-18-37-23(15-30(42)45)22-14-21(33)8-9-26(22)43-17-28(34)39-41-43)24-13-20(10-12-35-24)31-25(38-32(19)46)16-44(40-31)29-7-2-3-11-36-29;3-2(4,5)1(6)7/h2-3,7-19,27H,4-6H2,1H3,(H,38,46);(H,6,7)/t19-,27+;/m1./s1. The van der Waals surface area contributed by atoms with Gasteiger partial charge in [-0.15, -0.1) is 5.10 Å². The summed E-state index contributed by atoms with van der Waals surface area (Å²) >= 11 is 12.4. The van der Waals surface area contributed by atoms with E-state index in [1.165, 1.54) is 17.1 Å². The van der Waals surface area contributed by atoms with Crippen LogP contribution in [0.2, 0.25) is 10.2 Å². The molecule has 1 aliphatic heterocycles. The van der Waals surface area contributed by atoms with Gasteiger partial charge in [0.1, 0.15) is 5.69 Å². The van der Waals surface area contributed by atoms with Gasteiger partial charge in [-0.05, 0) is 55.3 Å². The van der Waals surface area contributed by atoms with Gasteiger partial charge in [-0.1, -0.05) is 47.8 Å². The number of carbonyl (C=O) groups is 2. The van der Waals surface area contributed by atoms with Crippen LogP contribution in [0.5, 0.6) is 0 Å². The van der Waals surface area contributed by atoms with E-state index in [1.54, 1.807) is 52.2 Å². The first kappa shape index (κ1) is 36.8. The fraction of sp³-hybridized carbons (Fsp3) is 0.206. The first-order valence-electron chi connectivity index (χ1n) is 15.8. The van der Waals surface area contributed by atoms with E-state index in [2.05, 4.69) is 30.6 Å². The molecular formula is C34H27Cl2F3N10O4. The van der Waals surface area contributed by atoms with E-state index in [4.69, 9.17) is 38.2 Å². The molecule has 1 aliphatic rings. The minimum atomic E-state index is -5.08. The number of amides is 1. The number of hydrogen-bond donors (Lipinski definition) is 2. The van der Waals surface area contributed by atoms with Gasteiger partial charge in [0.25, 0.3) is 5.56 Å². The van der Waals surface area contributed by atoms with Crippen LogP contribution in [0.15, 0.2) is 90.5 Å². The molecule has 1 amide bonds. The number of pyridine rings is 2. The van der Waals surface area contributed by atoms with Crippen molar-refractivity contribution >= 4 is 40.8 Å². The summed E-state index contributed by atoms with van der Waals surface area (Å²) in [4.78, 5) is 49.7. The number of fused-ring (bicyclic) bond motifs is 4. The van der Waals surface area contributed by atoms with Crippen molar-refractivity contribution < 1.29 is 27.9 Å². The molecule has 6 aromatic rings. The largest absolute Gasteiger partial charge is 0.490 e. The number of alkyl halides is 3. The molecule has 0 saturated heterocycles. The number of nitrogens with zero attached hydrogens (tertiary/aromatic N) is 9. The van der Waals surface area contributed by atoms with Crippen LogP contribution in [0.4, 0.5) is 18.9 Å². The number of benzene rings is 1. The van der Waals surface area contributed by atoms with Crippen molar-refractivity contribution in [2.75, 3.05) is 5.32 Å². The summed E-state index contributed by atoms with van der Waals surface area (Å²) in [5, 5.41) is 23.6. The molecule has 2 bridgehead atoms. The van der Waals surface area contributed by atoms with Crippen LogP contribution < -0.4 is 10.9 Å². The lowest BCUT2D eigenvalue weighted by atomic mass is 9.97. The van der Waals surface area contributed by atoms with Gasteiger partial charge in [-0.3, -0.25) is 19.1 Å². The summed E-state index contributed by atoms with van der Waals surface area (Å²) in [7, 11) is 0. The fourth-order valence-electron chi connectivity index (χ4n) is 5.56. The van der Waals surface area contributed by atoms with E-state index in [1.807, 2.05) is 37.3 Å².